The zero-order chi connectivity index (χ0) is 22.7. The van der Waals surface area contributed by atoms with E-state index in [4.69, 9.17) is 4.42 Å². The minimum absolute atomic E-state index is 0.682. The summed E-state index contributed by atoms with van der Waals surface area (Å²) in [5.41, 5.74) is 5.63. The highest BCUT2D eigenvalue weighted by atomic mass is 16.3. The van der Waals surface area contributed by atoms with Crippen molar-refractivity contribution in [1.29, 1.82) is 0 Å². The van der Waals surface area contributed by atoms with Gasteiger partial charge in [-0.05, 0) is 51.5 Å². The maximum atomic E-state index is 11.9. The van der Waals surface area contributed by atoms with Crippen LogP contribution < -0.4 is 14.8 Å². The third-order valence-corrected chi connectivity index (χ3v) is 6.30. The molecule has 164 valence electrons. The van der Waals surface area contributed by atoms with Crippen LogP contribution in [-0.4, -0.2) is 32.5 Å². The van der Waals surface area contributed by atoms with Gasteiger partial charge in [0.1, 0.15) is 24.4 Å². The van der Waals surface area contributed by atoms with Crippen LogP contribution in [0, 0.1) is 0 Å². The van der Waals surface area contributed by atoms with Crippen molar-refractivity contribution in [3.8, 4) is 22.5 Å². The maximum absolute atomic E-state index is 11.9. The van der Waals surface area contributed by atoms with E-state index in [0.717, 1.165) is 76.9 Å². The Hall–Kier alpha value is -3.40. The molecule has 0 saturated heterocycles. The molecule has 0 saturated carbocycles. The molecule has 0 spiro atoms. The SMILES string of the molecule is CCN(CC)c1ccc2c(-c3ccccc3C=O)c3ccc(=[N+](CC)CC)cc-3oc2c1. The molecule has 0 fully saturated rings. The average Bonchev–Trinajstić information content (AvgIpc) is 2.84. The summed E-state index contributed by atoms with van der Waals surface area (Å²) in [5.74, 6) is 0.828. The molecule has 2 aromatic carbocycles. The number of benzene rings is 3. The van der Waals surface area contributed by atoms with E-state index in [0.29, 0.717) is 5.56 Å². The van der Waals surface area contributed by atoms with E-state index in [9.17, 15) is 4.79 Å². The fourth-order valence-corrected chi connectivity index (χ4v) is 4.56. The highest BCUT2D eigenvalue weighted by Crippen LogP contribution is 2.41. The summed E-state index contributed by atoms with van der Waals surface area (Å²) in [5, 5.41) is 2.15. The van der Waals surface area contributed by atoms with E-state index in [1.54, 1.807) is 0 Å². The molecule has 2 aliphatic rings. The Morgan fingerprint density at radius 2 is 1.62 bits per heavy atom. The van der Waals surface area contributed by atoms with Gasteiger partial charge in [0.05, 0.1) is 6.07 Å². The number of anilines is 1. The van der Waals surface area contributed by atoms with E-state index >= 15 is 0 Å². The fourth-order valence-electron chi connectivity index (χ4n) is 4.56. The lowest BCUT2D eigenvalue weighted by Gasteiger charge is -2.22. The van der Waals surface area contributed by atoms with Gasteiger partial charge in [-0.2, -0.15) is 0 Å². The first-order valence-corrected chi connectivity index (χ1v) is 11.5. The molecule has 1 aliphatic heterocycles. The lowest BCUT2D eigenvalue weighted by atomic mass is 9.91. The van der Waals surface area contributed by atoms with Crippen LogP contribution in [0.4, 0.5) is 5.69 Å². The molecule has 0 bridgehead atoms. The summed E-state index contributed by atoms with van der Waals surface area (Å²) < 4.78 is 8.81. The monoisotopic (exact) mass is 427 g/mol. The normalized spacial score (nSPS) is 11.1. The lowest BCUT2D eigenvalue weighted by Crippen LogP contribution is -2.29. The van der Waals surface area contributed by atoms with Crippen LogP contribution in [0.2, 0.25) is 0 Å². The zero-order valence-electron chi connectivity index (χ0n) is 19.4. The molecule has 0 unspecified atom stereocenters. The Balaban J connectivity index is 2.12. The molecule has 4 nitrogen and oxygen atoms in total. The molecule has 4 rings (SSSR count). The Kier molecular flexibility index (Phi) is 6.40. The second-order valence-electron chi connectivity index (χ2n) is 7.89. The van der Waals surface area contributed by atoms with Crippen LogP contribution in [0.25, 0.3) is 33.4 Å². The van der Waals surface area contributed by atoms with E-state index in [1.165, 1.54) is 0 Å². The molecule has 0 N–H and O–H groups in total. The van der Waals surface area contributed by atoms with Crippen molar-refractivity contribution in [3.63, 3.8) is 0 Å². The maximum Gasteiger partial charge on any atom is 0.203 e. The molecule has 0 radical (unpaired) electrons. The molecule has 0 atom stereocenters. The number of fused-ring (bicyclic) bond motifs is 2. The van der Waals surface area contributed by atoms with Crippen LogP contribution in [0.5, 0.6) is 0 Å². The molecule has 1 aliphatic carbocycles. The van der Waals surface area contributed by atoms with E-state index in [1.807, 2.05) is 24.3 Å². The van der Waals surface area contributed by atoms with E-state index in [-0.39, 0.29) is 0 Å². The molecular formula is C28H31N2O2+. The van der Waals surface area contributed by atoms with Crippen LogP contribution in [-0.2, 0) is 0 Å². The van der Waals surface area contributed by atoms with Gasteiger partial charge in [-0.3, -0.25) is 4.79 Å². The number of carbonyl (C=O) groups is 1. The van der Waals surface area contributed by atoms with E-state index in [2.05, 4.69) is 73.6 Å². The van der Waals surface area contributed by atoms with Gasteiger partial charge >= 0.3 is 0 Å². The van der Waals surface area contributed by atoms with Gasteiger partial charge in [0.25, 0.3) is 0 Å². The zero-order valence-corrected chi connectivity index (χ0v) is 19.4. The summed E-state index contributed by atoms with van der Waals surface area (Å²) in [7, 11) is 0. The minimum Gasteiger partial charge on any atom is -0.456 e. The van der Waals surface area contributed by atoms with Gasteiger partial charge in [0, 0.05) is 53.0 Å². The molecule has 2 aromatic rings. The standard InChI is InChI=1S/C28H31N2O2/c1-5-29(6-2)21-13-15-24-26(17-21)32-27-18-22(30(7-3)8-4)14-16-25(27)28(24)23-12-10-9-11-20(23)19-31/h9-19H,5-8H2,1-4H3/q+1. The summed E-state index contributed by atoms with van der Waals surface area (Å²) >= 11 is 0. The molecule has 4 heteroatoms. The Bertz CT molecular complexity index is 1290. The van der Waals surface area contributed by atoms with Crippen molar-refractivity contribution >= 4 is 22.9 Å². The highest BCUT2D eigenvalue weighted by Gasteiger charge is 2.20. The van der Waals surface area contributed by atoms with E-state index < -0.39 is 0 Å². The van der Waals surface area contributed by atoms with Crippen molar-refractivity contribution in [2.45, 2.75) is 27.7 Å². The number of rotatable bonds is 7. The topological polar surface area (TPSA) is 36.5 Å². The minimum atomic E-state index is 0.682. The Morgan fingerprint density at radius 1 is 0.875 bits per heavy atom. The van der Waals surface area contributed by atoms with Crippen LogP contribution >= 0.6 is 0 Å². The fraction of sp³-hybridized carbons (Fsp3) is 0.286. The lowest BCUT2D eigenvalue weighted by molar-refractivity contribution is 0.112. The number of nitrogens with zero attached hydrogens (tertiary/aromatic N) is 2. The molecule has 1 heterocycles. The van der Waals surface area contributed by atoms with Gasteiger partial charge in [0.2, 0.25) is 5.36 Å². The smallest absolute Gasteiger partial charge is 0.203 e. The molecule has 0 amide bonds. The second-order valence-corrected chi connectivity index (χ2v) is 7.89. The first kappa shape index (κ1) is 21.8. The first-order valence-electron chi connectivity index (χ1n) is 11.5. The summed E-state index contributed by atoms with van der Waals surface area (Å²) in [6.45, 7) is 12.4. The first-order chi connectivity index (χ1) is 15.6. The van der Waals surface area contributed by atoms with Crippen molar-refractivity contribution in [1.82, 2.24) is 4.58 Å². The van der Waals surface area contributed by atoms with Gasteiger partial charge in [-0.1, -0.05) is 24.3 Å². The van der Waals surface area contributed by atoms with Crippen molar-refractivity contribution in [3.05, 3.63) is 71.6 Å². The van der Waals surface area contributed by atoms with Crippen LogP contribution in [0.15, 0.2) is 65.1 Å². The second kappa shape index (κ2) is 9.39. The quantitative estimate of drug-likeness (QED) is 0.216. The van der Waals surface area contributed by atoms with Crippen molar-refractivity contribution in [2.75, 3.05) is 31.1 Å². The van der Waals surface area contributed by atoms with Gasteiger partial charge < -0.3 is 9.32 Å². The summed E-state index contributed by atoms with van der Waals surface area (Å²) in [6, 6.07) is 20.6. The van der Waals surface area contributed by atoms with Crippen molar-refractivity contribution in [2.24, 2.45) is 0 Å². The third-order valence-electron chi connectivity index (χ3n) is 6.30. The number of hydrogen-bond donors (Lipinski definition) is 0. The summed E-state index contributed by atoms with van der Waals surface area (Å²) in [4.78, 5) is 14.2. The van der Waals surface area contributed by atoms with Gasteiger partial charge in [-0.15, -0.1) is 0 Å². The molecular weight excluding hydrogens is 396 g/mol. The predicted molar refractivity (Wildman–Crippen MR) is 134 cm³/mol. The van der Waals surface area contributed by atoms with Crippen molar-refractivity contribution < 1.29 is 9.21 Å². The Labute approximate surface area is 189 Å². The number of carbonyl (C=O) groups excluding carboxylic acids is 1. The van der Waals surface area contributed by atoms with Gasteiger partial charge in [0.15, 0.2) is 6.29 Å². The summed E-state index contributed by atoms with van der Waals surface area (Å²) in [6.07, 6.45) is 0.936. The predicted octanol–water partition coefficient (Wildman–Crippen LogP) is 5.68. The third kappa shape index (κ3) is 3.81. The average molecular weight is 428 g/mol. The number of hydrogen-bond acceptors (Lipinski definition) is 3. The number of aldehydes is 1. The van der Waals surface area contributed by atoms with Crippen LogP contribution in [0.3, 0.4) is 0 Å². The van der Waals surface area contributed by atoms with Gasteiger partial charge in [-0.25, -0.2) is 4.58 Å². The highest BCUT2D eigenvalue weighted by molar-refractivity contribution is 6.05. The molecule has 0 aromatic heterocycles. The van der Waals surface area contributed by atoms with Crippen LogP contribution in [0.1, 0.15) is 38.1 Å². The largest absolute Gasteiger partial charge is 0.456 e. The Morgan fingerprint density at radius 3 is 2.31 bits per heavy atom. The molecule has 32 heavy (non-hydrogen) atoms.